The summed E-state index contributed by atoms with van der Waals surface area (Å²) in [5, 5.41) is 54.6. The van der Waals surface area contributed by atoms with E-state index in [4.69, 9.17) is 9.47 Å². The summed E-state index contributed by atoms with van der Waals surface area (Å²) in [5.41, 5.74) is 0. The van der Waals surface area contributed by atoms with Gasteiger partial charge in [0.25, 0.3) is 0 Å². The number of unbranched alkanes of at least 4 members (excludes halogenated alkanes) is 37. The van der Waals surface area contributed by atoms with Gasteiger partial charge in [-0.15, -0.1) is 0 Å². The zero-order valence-corrected chi connectivity index (χ0v) is 46.9. The van der Waals surface area contributed by atoms with E-state index < -0.39 is 49.5 Å². The van der Waals surface area contributed by atoms with E-state index >= 15 is 0 Å². The normalized spacial score (nSPS) is 19.5. The van der Waals surface area contributed by atoms with Crippen LogP contribution in [0.4, 0.5) is 0 Å². The Kier molecular flexibility index (Phi) is 49.8. The van der Waals surface area contributed by atoms with E-state index in [1.807, 2.05) is 6.08 Å². The van der Waals surface area contributed by atoms with Crippen molar-refractivity contribution in [2.45, 2.75) is 333 Å². The van der Waals surface area contributed by atoms with Crippen LogP contribution < -0.4 is 5.32 Å². The molecule has 1 rings (SSSR count). The van der Waals surface area contributed by atoms with Crippen molar-refractivity contribution in [3.8, 4) is 0 Å². The molecule has 1 fully saturated rings. The predicted octanol–water partition coefficient (Wildman–Crippen LogP) is 15.7. The maximum atomic E-state index is 13.1. The molecule has 1 amide bonds. The summed E-state index contributed by atoms with van der Waals surface area (Å²) in [7, 11) is 0. The first-order valence-electron chi connectivity index (χ1n) is 30.9. The van der Waals surface area contributed by atoms with Gasteiger partial charge in [-0.05, 0) is 57.8 Å². The monoisotopic (exact) mass is 1020 g/mol. The molecule has 1 heterocycles. The van der Waals surface area contributed by atoms with Gasteiger partial charge in [0, 0.05) is 6.42 Å². The molecule has 6 N–H and O–H groups in total. The van der Waals surface area contributed by atoms with Crippen LogP contribution in [0.25, 0.3) is 0 Å². The molecule has 7 unspecified atom stereocenters. The van der Waals surface area contributed by atoms with Gasteiger partial charge < -0.3 is 40.3 Å². The van der Waals surface area contributed by atoms with Gasteiger partial charge in [0.05, 0.1) is 25.4 Å². The van der Waals surface area contributed by atoms with Crippen molar-refractivity contribution in [3.05, 3.63) is 48.6 Å². The Morgan fingerprint density at radius 2 is 0.819 bits per heavy atom. The predicted molar refractivity (Wildman–Crippen MR) is 304 cm³/mol. The summed E-state index contributed by atoms with van der Waals surface area (Å²) in [6.45, 7) is 3.79. The lowest BCUT2D eigenvalue weighted by Crippen LogP contribution is -2.60. The van der Waals surface area contributed by atoms with E-state index in [0.29, 0.717) is 6.42 Å². The molecule has 0 bridgehead atoms. The first kappa shape index (κ1) is 68.2. The number of hydrogen-bond acceptors (Lipinski definition) is 8. The Morgan fingerprint density at radius 1 is 0.472 bits per heavy atom. The van der Waals surface area contributed by atoms with Gasteiger partial charge in [0.2, 0.25) is 5.91 Å². The maximum absolute atomic E-state index is 13.1. The lowest BCUT2D eigenvalue weighted by molar-refractivity contribution is -0.302. The van der Waals surface area contributed by atoms with E-state index in [-0.39, 0.29) is 12.5 Å². The summed E-state index contributed by atoms with van der Waals surface area (Å²) in [4.78, 5) is 13.1. The topological polar surface area (TPSA) is 149 Å². The van der Waals surface area contributed by atoms with Gasteiger partial charge >= 0.3 is 0 Å². The molecule has 0 spiro atoms. The molecule has 1 saturated heterocycles. The third-order valence-electron chi connectivity index (χ3n) is 14.6. The highest BCUT2D eigenvalue weighted by Crippen LogP contribution is 2.23. The van der Waals surface area contributed by atoms with Crippen LogP contribution in [0.5, 0.6) is 0 Å². The molecule has 9 nitrogen and oxygen atoms in total. The molecule has 0 saturated carbocycles. The van der Waals surface area contributed by atoms with Gasteiger partial charge in [0.1, 0.15) is 24.4 Å². The van der Waals surface area contributed by atoms with Crippen LogP contribution in [0, 0.1) is 0 Å². The number of aliphatic hydroxyl groups excluding tert-OH is 5. The number of hydrogen-bond donors (Lipinski definition) is 6. The van der Waals surface area contributed by atoms with Gasteiger partial charge in [-0.1, -0.05) is 274 Å². The Bertz CT molecular complexity index is 1270. The van der Waals surface area contributed by atoms with Crippen molar-refractivity contribution in [1.82, 2.24) is 5.32 Å². The summed E-state index contributed by atoms with van der Waals surface area (Å²) in [6, 6.07) is -0.805. The molecule has 72 heavy (non-hydrogen) atoms. The Labute approximate surface area is 444 Å². The molecule has 0 aromatic carbocycles. The van der Waals surface area contributed by atoms with Crippen LogP contribution in [0.1, 0.15) is 290 Å². The van der Waals surface area contributed by atoms with Crippen LogP contribution in [-0.4, -0.2) is 87.5 Å². The van der Waals surface area contributed by atoms with Gasteiger partial charge in [-0.2, -0.15) is 0 Å². The fourth-order valence-corrected chi connectivity index (χ4v) is 9.75. The lowest BCUT2D eigenvalue weighted by Gasteiger charge is -2.40. The molecular weight excluding hydrogens is 899 g/mol. The molecule has 0 aliphatic carbocycles. The molecular formula is C63H117NO8. The molecule has 0 radical (unpaired) electrons. The molecule has 422 valence electrons. The zero-order valence-electron chi connectivity index (χ0n) is 46.9. The molecule has 1 aliphatic heterocycles. The second-order valence-electron chi connectivity index (χ2n) is 21.5. The first-order valence-corrected chi connectivity index (χ1v) is 30.9. The average molecular weight is 1020 g/mol. The number of ether oxygens (including phenoxy) is 2. The number of allylic oxidation sites excluding steroid dienone is 7. The number of amides is 1. The lowest BCUT2D eigenvalue weighted by atomic mass is 9.99. The van der Waals surface area contributed by atoms with Crippen molar-refractivity contribution in [2.24, 2.45) is 0 Å². The summed E-state index contributed by atoms with van der Waals surface area (Å²) in [6.07, 6.45) is 63.3. The largest absolute Gasteiger partial charge is 0.394 e. The summed E-state index contributed by atoms with van der Waals surface area (Å²) < 4.78 is 11.3. The molecule has 7 atom stereocenters. The highest BCUT2D eigenvalue weighted by molar-refractivity contribution is 5.76. The van der Waals surface area contributed by atoms with Crippen LogP contribution >= 0.6 is 0 Å². The molecule has 9 heteroatoms. The first-order chi connectivity index (χ1) is 35.3. The minimum atomic E-state index is -1.57. The van der Waals surface area contributed by atoms with Crippen molar-refractivity contribution in [1.29, 1.82) is 0 Å². The molecule has 0 aromatic rings. The highest BCUT2D eigenvalue weighted by Gasteiger charge is 2.44. The fourth-order valence-electron chi connectivity index (χ4n) is 9.75. The third-order valence-corrected chi connectivity index (χ3v) is 14.6. The van der Waals surface area contributed by atoms with Crippen LogP contribution in [-0.2, 0) is 14.3 Å². The van der Waals surface area contributed by atoms with E-state index in [2.05, 4.69) is 55.6 Å². The van der Waals surface area contributed by atoms with Crippen LogP contribution in [0.3, 0.4) is 0 Å². The third kappa shape index (κ3) is 41.4. The highest BCUT2D eigenvalue weighted by atomic mass is 16.7. The van der Waals surface area contributed by atoms with Crippen molar-refractivity contribution < 1.29 is 39.8 Å². The van der Waals surface area contributed by atoms with Gasteiger partial charge in [-0.3, -0.25) is 4.79 Å². The Morgan fingerprint density at radius 3 is 1.21 bits per heavy atom. The maximum Gasteiger partial charge on any atom is 0.220 e. The number of carbonyl (C=O) groups is 1. The zero-order chi connectivity index (χ0) is 52.2. The van der Waals surface area contributed by atoms with E-state index in [1.165, 1.54) is 218 Å². The van der Waals surface area contributed by atoms with Crippen molar-refractivity contribution >= 4 is 5.91 Å². The smallest absolute Gasteiger partial charge is 0.220 e. The number of aliphatic hydroxyl groups is 5. The second kappa shape index (κ2) is 52.6. The number of nitrogens with one attached hydrogen (secondary N) is 1. The standard InChI is InChI=1S/C63H117NO8/c1-3-5-7-9-11-13-15-17-19-21-23-24-25-26-27-28-29-30-31-32-33-34-35-37-39-41-43-45-47-49-51-53-59(67)64-56(55-71-63-62(70)61(69)60(68)58(54-65)72-63)57(66)52-50-48-46-44-42-40-38-36-22-20-18-16-14-12-10-8-6-4-2/h15,17,21,23,25-26,50,52,56-58,60-63,65-66,68-70H,3-14,16,18-20,22,24,27-49,51,53-55H2,1-2H3,(H,64,67)/b17-15-,23-21-,26-25-,52-50+. The van der Waals surface area contributed by atoms with Crippen molar-refractivity contribution in [2.75, 3.05) is 13.2 Å². The van der Waals surface area contributed by atoms with E-state index in [1.54, 1.807) is 6.08 Å². The van der Waals surface area contributed by atoms with E-state index in [0.717, 1.165) is 51.4 Å². The average Bonchev–Trinajstić information content (AvgIpc) is 3.38. The number of carbonyl (C=O) groups excluding carboxylic acids is 1. The quantitative estimate of drug-likeness (QED) is 0.0261. The SMILES string of the molecule is CCCCCCC/C=C\C/C=C\C/C=C\CCCCCCCCCCCCCCCCCCC(=O)NC(COC1OC(CO)C(O)C(O)C1O)C(O)/C=C/CCCCCCCCCCCCCCCCCC. The summed E-state index contributed by atoms with van der Waals surface area (Å²) >= 11 is 0. The van der Waals surface area contributed by atoms with Gasteiger partial charge in [-0.25, -0.2) is 0 Å². The Balaban J connectivity index is 2.16. The molecule has 0 aromatic heterocycles. The molecule has 1 aliphatic rings. The fraction of sp³-hybridized carbons (Fsp3) is 0.857. The summed E-state index contributed by atoms with van der Waals surface area (Å²) in [5.74, 6) is -0.174. The van der Waals surface area contributed by atoms with E-state index in [9.17, 15) is 30.3 Å². The van der Waals surface area contributed by atoms with Crippen molar-refractivity contribution in [3.63, 3.8) is 0 Å². The minimum absolute atomic E-state index is 0.174. The van der Waals surface area contributed by atoms with Crippen LogP contribution in [0.15, 0.2) is 48.6 Å². The number of rotatable bonds is 53. The van der Waals surface area contributed by atoms with Crippen LogP contribution in [0.2, 0.25) is 0 Å². The second-order valence-corrected chi connectivity index (χ2v) is 21.5. The Hall–Kier alpha value is -1.85. The van der Waals surface area contributed by atoms with Gasteiger partial charge in [0.15, 0.2) is 6.29 Å². The minimum Gasteiger partial charge on any atom is -0.394 e.